The number of esters is 1. The lowest BCUT2D eigenvalue weighted by molar-refractivity contribution is -0.148. The number of nitrogens with one attached hydrogen (secondary N) is 1. The number of aryl methyl sites for hydroxylation is 1. The van der Waals surface area contributed by atoms with Crippen molar-refractivity contribution >= 4 is 29.5 Å². The van der Waals surface area contributed by atoms with Crippen LogP contribution in [-0.4, -0.2) is 28.5 Å². The lowest BCUT2D eigenvalue weighted by atomic mass is 10.2. The van der Waals surface area contributed by atoms with Crippen molar-refractivity contribution in [1.29, 1.82) is 0 Å². The van der Waals surface area contributed by atoms with Crippen molar-refractivity contribution in [2.75, 3.05) is 5.32 Å². The Balaban J connectivity index is 1.55. The van der Waals surface area contributed by atoms with E-state index in [1.165, 1.54) is 43.7 Å². The molecule has 0 unspecified atom stereocenters. The van der Waals surface area contributed by atoms with Gasteiger partial charge in [0.05, 0.1) is 0 Å². The fourth-order valence-electron chi connectivity index (χ4n) is 3.25. The molecule has 1 fully saturated rings. The number of carbonyl (C=O) groups excluding carboxylic acids is 3. The van der Waals surface area contributed by atoms with E-state index in [4.69, 9.17) is 10.5 Å². The van der Waals surface area contributed by atoms with Crippen LogP contribution in [0.5, 0.6) is 0 Å². The summed E-state index contributed by atoms with van der Waals surface area (Å²) in [5.74, 6) is -1.60. The molecule has 0 saturated heterocycles. The van der Waals surface area contributed by atoms with E-state index in [1.807, 2.05) is 13.0 Å². The molecular weight excluding hydrogens is 370 g/mol. The molecule has 1 heterocycles. The molecule has 1 aromatic heterocycles. The lowest BCUT2D eigenvalue weighted by Crippen LogP contribution is -2.29. The molecule has 0 spiro atoms. The number of nitrogens with two attached hydrogens (primary N) is 1. The Bertz CT molecular complexity index is 969. The Morgan fingerprint density at radius 2 is 1.86 bits per heavy atom. The highest BCUT2D eigenvalue weighted by Gasteiger charge is 2.26. The molecule has 7 nitrogen and oxygen atoms in total. The van der Waals surface area contributed by atoms with Crippen LogP contribution >= 0.6 is 0 Å². The summed E-state index contributed by atoms with van der Waals surface area (Å²) >= 11 is 0. The summed E-state index contributed by atoms with van der Waals surface area (Å²) in [7, 11) is 0. The molecule has 1 aliphatic carbocycles. The molecule has 1 aromatic carbocycles. The van der Waals surface area contributed by atoms with Crippen LogP contribution in [0.2, 0.25) is 0 Å². The first-order chi connectivity index (χ1) is 13.8. The molecule has 3 rings (SSSR count). The van der Waals surface area contributed by atoms with Crippen LogP contribution in [0, 0.1) is 13.8 Å². The molecule has 152 valence electrons. The number of ether oxygens (including phenoxy) is 1. The Hall–Kier alpha value is -3.35. The normalized spacial score (nSPS) is 14.6. The van der Waals surface area contributed by atoms with Gasteiger partial charge in [0.2, 0.25) is 5.91 Å². The number of aromatic nitrogens is 1. The van der Waals surface area contributed by atoms with E-state index in [-0.39, 0.29) is 0 Å². The zero-order chi connectivity index (χ0) is 21.1. The molecule has 1 aliphatic rings. The number of nitrogens with zero attached hydrogens (tertiary/aromatic N) is 1. The molecule has 3 N–H and O–H groups in total. The van der Waals surface area contributed by atoms with Crippen molar-refractivity contribution in [2.45, 2.75) is 45.8 Å². The summed E-state index contributed by atoms with van der Waals surface area (Å²) in [6.07, 6.45) is 4.47. The van der Waals surface area contributed by atoms with Crippen LogP contribution in [0.3, 0.4) is 0 Å². The van der Waals surface area contributed by atoms with E-state index >= 15 is 0 Å². The topological polar surface area (TPSA) is 103 Å². The van der Waals surface area contributed by atoms with Crippen LogP contribution in [-0.2, 0) is 14.3 Å². The number of amides is 2. The minimum atomic E-state index is -0.970. The van der Waals surface area contributed by atoms with Crippen molar-refractivity contribution in [2.24, 2.45) is 5.73 Å². The highest BCUT2D eigenvalue weighted by atomic mass is 16.5. The molecule has 2 aromatic rings. The van der Waals surface area contributed by atoms with Crippen molar-refractivity contribution in [3.8, 4) is 0 Å². The van der Waals surface area contributed by atoms with Crippen LogP contribution in [0.4, 0.5) is 5.69 Å². The van der Waals surface area contributed by atoms with Crippen molar-refractivity contribution in [3.05, 3.63) is 58.9 Å². The van der Waals surface area contributed by atoms with Crippen molar-refractivity contribution in [1.82, 2.24) is 4.57 Å². The summed E-state index contributed by atoms with van der Waals surface area (Å²) in [5.41, 5.74) is 9.27. The first kappa shape index (κ1) is 20.4. The summed E-state index contributed by atoms with van der Waals surface area (Å²) in [4.78, 5) is 35.4. The summed E-state index contributed by atoms with van der Waals surface area (Å²) in [5, 5.41) is 2.63. The zero-order valence-electron chi connectivity index (χ0n) is 16.8. The van der Waals surface area contributed by atoms with Gasteiger partial charge in [0, 0.05) is 34.8 Å². The SMILES string of the molecule is Cc1cc(/C=C/C(=O)O[C@H](C)C(=O)Nc2ccc(C(N)=O)cc2)c(C)n1C1CC1. The van der Waals surface area contributed by atoms with Gasteiger partial charge in [-0.1, -0.05) is 0 Å². The number of carbonyl (C=O) groups is 3. The second kappa shape index (κ2) is 8.34. The van der Waals surface area contributed by atoms with Gasteiger partial charge in [-0.2, -0.15) is 0 Å². The third kappa shape index (κ3) is 4.93. The standard InChI is InChI=1S/C22H25N3O4/c1-13-12-17(14(2)25(13)19-9-10-19)6-11-20(26)29-15(3)22(28)24-18-7-4-16(5-8-18)21(23)27/h4-8,11-12,15,19H,9-10H2,1-3H3,(H2,23,27)(H,24,28)/b11-6+/t15-/m1/s1. The number of rotatable bonds is 7. The molecule has 7 heteroatoms. The van der Waals surface area contributed by atoms with Crippen molar-refractivity contribution < 1.29 is 19.1 Å². The maximum Gasteiger partial charge on any atom is 0.331 e. The van der Waals surface area contributed by atoms with Gasteiger partial charge >= 0.3 is 5.97 Å². The lowest BCUT2D eigenvalue weighted by Gasteiger charge is -2.12. The van der Waals surface area contributed by atoms with Crippen LogP contribution in [0.25, 0.3) is 6.08 Å². The van der Waals surface area contributed by atoms with Gasteiger partial charge in [-0.15, -0.1) is 0 Å². The average molecular weight is 395 g/mol. The van der Waals surface area contributed by atoms with E-state index in [0.29, 0.717) is 17.3 Å². The summed E-state index contributed by atoms with van der Waals surface area (Å²) in [6.45, 7) is 5.59. The van der Waals surface area contributed by atoms with Gasteiger partial charge in [-0.05, 0) is 75.6 Å². The fraction of sp³-hybridized carbons (Fsp3) is 0.318. The number of benzene rings is 1. The Morgan fingerprint density at radius 1 is 1.21 bits per heavy atom. The molecule has 2 amide bonds. The first-order valence-corrected chi connectivity index (χ1v) is 9.54. The number of primary amides is 1. The molecule has 1 saturated carbocycles. The largest absolute Gasteiger partial charge is 0.449 e. The molecule has 29 heavy (non-hydrogen) atoms. The van der Waals surface area contributed by atoms with E-state index in [9.17, 15) is 14.4 Å². The average Bonchev–Trinajstić information content (AvgIpc) is 3.46. The fourth-order valence-corrected chi connectivity index (χ4v) is 3.25. The maximum absolute atomic E-state index is 12.2. The van der Waals surface area contributed by atoms with E-state index < -0.39 is 23.9 Å². The summed E-state index contributed by atoms with van der Waals surface area (Å²) < 4.78 is 7.48. The first-order valence-electron chi connectivity index (χ1n) is 9.54. The predicted molar refractivity (Wildman–Crippen MR) is 110 cm³/mol. The maximum atomic E-state index is 12.2. The van der Waals surface area contributed by atoms with Gasteiger partial charge < -0.3 is 20.4 Å². The third-order valence-electron chi connectivity index (χ3n) is 4.93. The summed E-state index contributed by atoms with van der Waals surface area (Å²) in [6, 6.07) is 8.75. The molecule has 0 aliphatic heterocycles. The van der Waals surface area contributed by atoms with Crippen LogP contribution in [0.1, 0.15) is 53.1 Å². The number of hydrogen-bond donors (Lipinski definition) is 2. The van der Waals surface area contributed by atoms with E-state index in [1.54, 1.807) is 18.2 Å². The molecule has 0 radical (unpaired) electrons. The van der Waals surface area contributed by atoms with E-state index in [2.05, 4.69) is 16.8 Å². The number of anilines is 1. The highest BCUT2D eigenvalue weighted by Crippen LogP contribution is 2.38. The van der Waals surface area contributed by atoms with Crippen LogP contribution in [0.15, 0.2) is 36.4 Å². The Morgan fingerprint density at radius 3 is 2.45 bits per heavy atom. The van der Waals surface area contributed by atoms with E-state index in [0.717, 1.165) is 11.3 Å². The molecule has 1 atom stereocenters. The van der Waals surface area contributed by atoms with Gasteiger partial charge in [0.15, 0.2) is 6.10 Å². The van der Waals surface area contributed by atoms with Crippen molar-refractivity contribution in [3.63, 3.8) is 0 Å². The monoisotopic (exact) mass is 395 g/mol. The van der Waals surface area contributed by atoms with Gasteiger partial charge in [0.1, 0.15) is 0 Å². The molecular formula is C22H25N3O4. The smallest absolute Gasteiger partial charge is 0.331 e. The zero-order valence-corrected chi connectivity index (χ0v) is 16.8. The minimum absolute atomic E-state index is 0.341. The number of hydrogen-bond acceptors (Lipinski definition) is 4. The quantitative estimate of drug-likeness (QED) is 0.555. The highest BCUT2D eigenvalue weighted by molar-refractivity contribution is 5.97. The second-order valence-corrected chi connectivity index (χ2v) is 7.27. The third-order valence-corrected chi connectivity index (χ3v) is 4.93. The molecule has 0 bridgehead atoms. The van der Waals surface area contributed by atoms with Crippen LogP contribution < -0.4 is 11.1 Å². The van der Waals surface area contributed by atoms with Gasteiger partial charge in [-0.3, -0.25) is 9.59 Å². The van der Waals surface area contributed by atoms with Gasteiger partial charge in [0.25, 0.3) is 5.91 Å². The Labute approximate surface area is 169 Å². The van der Waals surface area contributed by atoms with Gasteiger partial charge in [-0.25, -0.2) is 4.79 Å². The second-order valence-electron chi connectivity index (χ2n) is 7.27. The Kier molecular flexibility index (Phi) is 5.87. The minimum Gasteiger partial charge on any atom is -0.449 e. The predicted octanol–water partition coefficient (Wildman–Crippen LogP) is 3.12.